The number of nitrogens with two attached hydrogens (primary N) is 2. The number of carboxylic acid groups (broad SMARTS) is 2. The second-order valence-corrected chi connectivity index (χ2v) is 11.7. The molecule has 0 aliphatic carbocycles. The molecular formula is C30H38N10O9S. The number of carboxylic acids is 2. The van der Waals surface area contributed by atoms with Gasteiger partial charge in [-0.1, -0.05) is 6.92 Å². The number of nitrogens with one attached hydrogen (secondary N) is 5. The van der Waals surface area contributed by atoms with Crippen molar-refractivity contribution in [3.63, 3.8) is 0 Å². The number of rotatable bonds is 19. The number of carbonyl (C=O) groups is 6. The van der Waals surface area contributed by atoms with Crippen molar-refractivity contribution >= 4 is 70.9 Å². The molecule has 3 amide bonds. The lowest BCUT2D eigenvalue weighted by atomic mass is 9.99. The highest BCUT2D eigenvalue weighted by atomic mass is 32.1. The third kappa shape index (κ3) is 11.8. The molecule has 3 aromatic rings. The number of carbonyl (C=O) groups excluding carboxylic acids is 4. The Kier molecular flexibility index (Phi) is 14.1. The number of H-pyrrole nitrogens is 1. The van der Waals surface area contributed by atoms with Gasteiger partial charge in [0.25, 0.3) is 11.5 Å². The fraction of sp³-hybridized carbons (Fsp3) is 0.400. The summed E-state index contributed by atoms with van der Waals surface area (Å²) in [5.74, 6) is -5.24. The molecule has 50 heavy (non-hydrogen) atoms. The molecule has 19 nitrogen and oxygen atoms in total. The number of amides is 3. The summed E-state index contributed by atoms with van der Waals surface area (Å²) in [6.45, 7) is 1.54. The third-order valence-corrected chi connectivity index (χ3v) is 7.79. The molecule has 0 aliphatic heterocycles. The number of ketones is 1. The SMILES string of the molecule is C[C@@H](CS)CC(=O)[C@@H](CC(=O)O)NC(=O)[C@H](N)CNC(=O)CC[C@@H](NC(=O)c1ccc(NCc2cnc3nc(N)[nH]c(=O)c3n2)cc1)C(=O)O. The van der Waals surface area contributed by atoms with Crippen LogP contribution in [-0.2, 0) is 30.5 Å². The van der Waals surface area contributed by atoms with Gasteiger partial charge >= 0.3 is 11.9 Å². The molecule has 1 aromatic carbocycles. The van der Waals surface area contributed by atoms with E-state index in [1.54, 1.807) is 19.1 Å². The summed E-state index contributed by atoms with van der Waals surface area (Å²) in [7, 11) is 0. The highest BCUT2D eigenvalue weighted by Crippen LogP contribution is 2.13. The third-order valence-electron chi connectivity index (χ3n) is 7.17. The van der Waals surface area contributed by atoms with Crippen LogP contribution in [-0.4, -0.2) is 96.0 Å². The Bertz CT molecular complexity index is 1790. The standard InChI is InChI=1S/C30H38N10O9S/c1-14(13-50)8-21(41)20(9-23(43)44)38-27(46)18(31)12-34-22(42)7-6-19(29(48)49)37-26(45)15-2-4-16(5-3-15)33-10-17-11-35-25-24(36-17)28(47)40-30(32)39-25/h2-5,11,14,18-20,33,50H,6-10,12-13,31H2,1H3,(H,34,42)(H,37,45)(H,38,46)(H,43,44)(H,48,49)(H3,32,35,39,40,47)/t14-,18-,19-,20-/m1/s1. The monoisotopic (exact) mass is 714 g/mol. The molecule has 2 aromatic heterocycles. The van der Waals surface area contributed by atoms with Gasteiger partial charge in [-0.2, -0.15) is 17.6 Å². The van der Waals surface area contributed by atoms with Crippen LogP contribution in [0.15, 0.2) is 35.3 Å². The van der Waals surface area contributed by atoms with Gasteiger partial charge in [0.2, 0.25) is 17.8 Å². The van der Waals surface area contributed by atoms with Crippen molar-refractivity contribution in [1.82, 2.24) is 35.9 Å². The van der Waals surface area contributed by atoms with E-state index in [0.717, 1.165) is 0 Å². The number of nitrogen functional groups attached to an aromatic ring is 1. The fourth-order valence-corrected chi connectivity index (χ4v) is 4.55. The molecule has 0 saturated carbocycles. The summed E-state index contributed by atoms with van der Waals surface area (Å²) in [5.41, 5.74) is 12.1. The van der Waals surface area contributed by atoms with E-state index < -0.39 is 65.5 Å². The topological polar surface area (TPSA) is 315 Å². The second-order valence-electron chi connectivity index (χ2n) is 11.3. The number of fused-ring (bicyclic) bond motifs is 1. The summed E-state index contributed by atoms with van der Waals surface area (Å²) in [5, 5.41) is 28.9. The summed E-state index contributed by atoms with van der Waals surface area (Å²) < 4.78 is 0. The molecule has 0 saturated heterocycles. The van der Waals surface area contributed by atoms with Crippen LogP contribution in [0.25, 0.3) is 11.2 Å². The van der Waals surface area contributed by atoms with Gasteiger partial charge in [-0.25, -0.2) is 14.8 Å². The predicted molar refractivity (Wildman–Crippen MR) is 182 cm³/mol. The molecule has 0 aliphatic rings. The molecule has 2 heterocycles. The zero-order chi connectivity index (χ0) is 37.0. The number of anilines is 2. The van der Waals surface area contributed by atoms with Crippen molar-refractivity contribution in [1.29, 1.82) is 0 Å². The number of nitrogens with zero attached hydrogens (tertiary/aromatic N) is 3. The van der Waals surface area contributed by atoms with E-state index in [9.17, 15) is 38.7 Å². The van der Waals surface area contributed by atoms with Crippen molar-refractivity contribution in [2.75, 3.05) is 23.3 Å². The Morgan fingerprint density at radius 2 is 1.70 bits per heavy atom. The Hall–Kier alpha value is -5.63. The Morgan fingerprint density at radius 1 is 1.00 bits per heavy atom. The van der Waals surface area contributed by atoms with Gasteiger partial charge < -0.3 is 42.9 Å². The number of aromatic amines is 1. The minimum Gasteiger partial charge on any atom is -0.481 e. The van der Waals surface area contributed by atoms with Gasteiger partial charge in [-0.3, -0.25) is 33.8 Å². The first-order valence-corrected chi connectivity index (χ1v) is 15.9. The first-order chi connectivity index (χ1) is 23.7. The largest absolute Gasteiger partial charge is 0.481 e. The molecule has 268 valence electrons. The molecule has 0 radical (unpaired) electrons. The number of hydrogen-bond donors (Lipinski definition) is 10. The van der Waals surface area contributed by atoms with Crippen molar-refractivity contribution in [2.24, 2.45) is 11.7 Å². The van der Waals surface area contributed by atoms with Crippen molar-refractivity contribution < 1.29 is 39.0 Å². The minimum absolute atomic E-state index is 0.000582. The van der Waals surface area contributed by atoms with Crippen LogP contribution >= 0.6 is 12.6 Å². The summed E-state index contributed by atoms with van der Waals surface area (Å²) in [4.78, 5) is 99.8. The lowest BCUT2D eigenvalue weighted by molar-refractivity contribution is -0.140. The lowest BCUT2D eigenvalue weighted by Crippen LogP contribution is -2.53. The number of aliphatic carboxylic acids is 2. The Labute approximate surface area is 289 Å². The van der Waals surface area contributed by atoms with Gasteiger partial charge in [0.15, 0.2) is 16.9 Å². The van der Waals surface area contributed by atoms with Crippen molar-refractivity contribution in [3.8, 4) is 0 Å². The van der Waals surface area contributed by atoms with Crippen LogP contribution in [0, 0.1) is 5.92 Å². The van der Waals surface area contributed by atoms with Crippen molar-refractivity contribution in [3.05, 3.63) is 52.1 Å². The van der Waals surface area contributed by atoms with Gasteiger partial charge in [0.1, 0.15) is 12.1 Å². The molecule has 0 spiro atoms. The molecule has 20 heteroatoms. The normalized spacial score (nSPS) is 13.3. The Balaban J connectivity index is 1.47. The second kappa shape index (κ2) is 18.2. The maximum atomic E-state index is 12.8. The van der Waals surface area contributed by atoms with E-state index in [1.807, 2.05) is 0 Å². The fourth-order valence-electron chi connectivity index (χ4n) is 4.42. The summed E-state index contributed by atoms with van der Waals surface area (Å²) in [6.07, 6.45) is 0.152. The molecule has 11 N–H and O–H groups in total. The zero-order valence-electron chi connectivity index (χ0n) is 26.8. The smallest absolute Gasteiger partial charge is 0.326 e. The first kappa shape index (κ1) is 38.8. The highest BCUT2D eigenvalue weighted by Gasteiger charge is 2.27. The average molecular weight is 715 g/mol. The van der Waals surface area contributed by atoms with E-state index in [2.05, 4.69) is 53.8 Å². The Morgan fingerprint density at radius 3 is 2.34 bits per heavy atom. The molecule has 0 unspecified atom stereocenters. The number of hydrogen-bond acceptors (Lipinski definition) is 14. The van der Waals surface area contributed by atoms with E-state index >= 15 is 0 Å². The van der Waals surface area contributed by atoms with E-state index in [1.165, 1.54) is 18.3 Å². The quantitative estimate of drug-likeness (QED) is 0.0652. The van der Waals surface area contributed by atoms with Crippen LogP contribution in [0.5, 0.6) is 0 Å². The van der Waals surface area contributed by atoms with Crippen LogP contribution in [0.3, 0.4) is 0 Å². The maximum absolute atomic E-state index is 12.8. The zero-order valence-corrected chi connectivity index (χ0v) is 27.7. The van der Waals surface area contributed by atoms with E-state index in [-0.39, 0.29) is 60.9 Å². The van der Waals surface area contributed by atoms with Crippen LogP contribution in [0.4, 0.5) is 11.6 Å². The number of benzene rings is 1. The minimum atomic E-state index is -1.43. The average Bonchev–Trinajstić information content (AvgIpc) is 3.07. The van der Waals surface area contributed by atoms with Gasteiger partial charge in [-0.05, 0) is 42.4 Å². The lowest BCUT2D eigenvalue weighted by Gasteiger charge is -2.20. The van der Waals surface area contributed by atoms with Crippen LogP contribution < -0.4 is 38.3 Å². The maximum Gasteiger partial charge on any atom is 0.326 e. The highest BCUT2D eigenvalue weighted by molar-refractivity contribution is 7.80. The molecule has 4 atom stereocenters. The number of thiol groups is 1. The van der Waals surface area contributed by atoms with Gasteiger partial charge in [0, 0.05) is 30.6 Å². The van der Waals surface area contributed by atoms with Gasteiger partial charge in [0.05, 0.1) is 30.9 Å². The molecule has 0 bridgehead atoms. The number of aromatic nitrogens is 4. The molecule has 0 fully saturated rings. The van der Waals surface area contributed by atoms with E-state index in [0.29, 0.717) is 17.1 Å². The predicted octanol–water partition coefficient (Wildman–Crippen LogP) is -1.20. The number of Topliss-reactive ketones (excluding diaryl/α,β-unsaturated/α-hetero) is 1. The summed E-state index contributed by atoms with van der Waals surface area (Å²) >= 11 is 4.10. The summed E-state index contributed by atoms with van der Waals surface area (Å²) in [6, 6.07) is 1.98. The first-order valence-electron chi connectivity index (χ1n) is 15.2. The molecule has 3 rings (SSSR count). The molecular weight excluding hydrogens is 676 g/mol. The van der Waals surface area contributed by atoms with Gasteiger partial charge in [-0.15, -0.1) is 0 Å². The van der Waals surface area contributed by atoms with Crippen LogP contribution in [0.1, 0.15) is 48.7 Å². The van der Waals surface area contributed by atoms with Crippen molar-refractivity contribution in [2.45, 2.75) is 57.3 Å². The van der Waals surface area contributed by atoms with E-state index in [4.69, 9.17) is 16.6 Å². The van der Waals surface area contributed by atoms with Crippen LogP contribution in [0.2, 0.25) is 0 Å².